The molecule has 1 fully saturated rings. The Hall–Kier alpha value is -0.0800. The van der Waals surface area contributed by atoms with Crippen LogP contribution >= 0.6 is 0 Å². The second-order valence-corrected chi connectivity index (χ2v) is 4.07. The van der Waals surface area contributed by atoms with Crippen LogP contribution in [0.3, 0.4) is 0 Å². The Bertz CT molecular complexity index is 123. The minimum atomic E-state index is 0.279. The van der Waals surface area contributed by atoms with Crippen molar-refractivity contribution >= 4 is 0 Å². The summed E-state index contributed by atoms with van der Waals surface area (Å²) in [6.45, 7) is 4.70. The number of aliphatic hydroxyl groups excluding tert-OH is 1. The van der Waals surface area contributed by atoms with Crippen LogP contribution < -0.4 is 5.32 Å². The maximum atomic E-state index is 8.99. The molecule has 0 aliphatic heterocycles. The zero-order chi connectivity index (χ0) is 8.97. The third-order valence-corrected chi connectivity index (χ3v) is 2.88. The van der Waals surface area contributed by atoms with Gasteiger partial charge in [0.25, 0.3) is 0 Å². The number of hydrogen-bond donors (Lipinski definition) is 2. The van der Waals surface area contributed by atoms with E-state index in [2.05, 4.69) is 19.2 Å². The lowest BCUT2D eigenvalue weighted by atomic mass is 10.1. The highest BCUT2D eigenvalue weighted by molar-refractivity contribution is 4.81. The van der Waals surface area contributed by atoms with E-state index >= 15 is 0 Å². The normalized spacial score (nSPS) is 32.2. The molecule has 2 N–H and O–H groups in total. The molecule has 1 rings (SSSR count). The Kier molecular flexibility index (Phi) is 4.02. The van der Waals surface area contributed by atoms with Crippen molar-refractivity contribution in [3.05, 3.63) is 0 Å². The van der Waals surface area contributed by atoms with Crippen LogP contribution in [0.4, 0.5) is 0 Å². The second kappa shape index (κ2) is 4.83. The van der Waals surface area contributed by atoms with Gasteiger partial charge in [0, 0.05) is 12.1 Å². The van der Waals surface area contributed by atoms with Crippen LogP contribution in [0, 0.1) is 5.92 Å². The van der Waals surface area contributed by atoms with Crippen LogP contribution in [-0.4, -0.2) is 23.8 Å². The molecule has 12 heavy (non-hydrogen) atoms. The van der Waals surface area contributed by atoms with E-state index in [1.807, 2.05) is 0 Å². The van der Waals surface area contributed by atoms with Gasteiger partial charge in [0.05, 0.1) is 6.61 Å². The quantitative estimate of drug-likeness (QED) is 0.672. The zero-order valence-electron chi connectivity index (χ0n) is 8.21. The smallest absolute Gasteiger partial charge is 0.0584 e. The molecule has 0 amide bonds. The highest BCUT2D eigenvalue weighted by Crippen LogP contribution is 2.24. The fourth-order valence-electron chi connectivity index (χ4n) is 1.99. The van der Waals surface area contributed by atoms with Crippen LogP contribution in [0.15, 0.2) is 0 Å². The first-order valence-electron chi connectivity index (χ1n) is 5.13. The third-order valence-electron chi connectivity index (χ3n) is 2.88. The van der Waals surface area contributed by atoms with Crippen molar-refractivity contribution in [2.45, 2.75) is 51.6 Å². The molecule has 0 saturated heterocycles. The van der Waals surface area contributed by atoms with Crippen molar-refractivity contribution in [1.82, 2.24) is 5.32 Å². The highest BCUT2D eigenvalue weighted by Gasteiger charge is 2.22. The average Bonchev–Trinajstić information content (AvgIpc) is 2.47. The molecule has 1 aliphatic carbocycles. The molecule has 1 aliphatic rings. The summed E-state index contributed by atoms with van der Waals surface area (Å²) >= 11 is 0. The van der Waals surface area contributed by atoms with Gasteiger partial charge in [-0.05, 0) is 31.6 Å². The summed E-state index contributed by atoms with van der Waals surface area (Å²) < 4.78 is 0. The molecular formula is C10H21NO. The number of hydrogen-bond acceptors (Lipinski definition) is 2. The van der Waals surface area contributed by atoms with Gasteiger partial charge in [-0.2, -0.15) is 0 Å². The molecule has 0 aromatic heterocycles. The first-order chi connectivity index (χ1) is 5.76. The zero-order valence-corrected chi connectivity index (χ0v) is 8.21. The molecule has 3 atom stereocenters. The molecule has 2 heteroatoms. The third kappa shape index (κ3) is 2.76. The molecular weight excluding hydrogens is 150 g/mol. The molecule has 0 radical (unpaired) electrons. The highest BCUT2D eigenvalue weighted by atomic mass is 16.3. The molecule has 0 spiro atoms. The molecule has 0 bridgehead atoms. The molecule has 0 aromatic carbocycles. The van der Waals surface area contributed by atoms with E-state index in [9.17, 15) is 0 Å². The fourth-order valence-corrected chi connectivity index (χ4v) is 1.99. The Labute approximate surface area is 75.4 Å². The van der Waals surface area contributed by atoms with Crippen LogP contribution in [0.2, 0.25) is 0 Å². The van der Waals surface area contributed by atoms with Crippen LogP contribution in [-0.2, 0) is 0 Å². The molecule has 2 unspecified atom stereocenters. The van der Waals surface area contributed by atoms with Crippen LogP contribution in [0.1, 0.15) is 39.5 Å². The van der Waals surface area contributed by atoms with Gasteiger partial charge < -0.3 is 10.4 Å². The topological polar surface area (TPSA) is 32.3 Å². The van der Waals surface area contributed by atoms with Crippen molar-refractivity contribution in [3.8, 4) is 0 Å². The lowest BCUT2D eigenvalue weighted by Crippen LogP contribution is -2.38. The van der Waals surface area contributed by atoms with Crippen molar-refractivity contribution in [2.75, 3.05) is 6.61 Å². The van der Waals surface area contributed by atoms with E-state index in [4.69, 9.17) is 5.11 Å². The van der Waals surface area contributed by atoms with Crippen molar-refractivity contribution in [3.63, 3.8) is 0 Å². The molecule has 0 heterocycles. The summed E-state index contributed by atoms with van der Waals surface area (Å²) in [5.74, 6) is 0.874. The summed E-state index contributed by atoms with van der Waals surface area (Å²) in [5, 5.41) is 12.5. The van der Waals surface area contributed by atoms with Crippen molar-refractivity contribution in [1.29, 1.82) is 0 Å². The molecule has 72 valence electrons. The Morgan fingerprint density at radius 2 is 2.25 bits per heavy atom. The van der Waals surface area contributed by atoms with Gasteiger partial charge in [-0.1, -0.05) is 13.8 Å². The van der Waals surface area contributed by atoms with E-state index in [0.717, 1.165) is 12.3 Å². The van der Waals surface area contributed by atoms with Gasteiger partial charge in [0.15, 0.2) is 0 Å². The summed E-state index contributed by atoms with van der Waals surface area (Å²) in [7, 11) is 0. The SMILES string of the molecule is CC[C@H](CO)NC1CCC(C)C1. The predicted molar refractivity (Wildman–Crippen MR) is 51.1 cm³/mol. The second-order valence-electron chi connectivity index (χ2n) is 4.07. The van der Waals surface area contributed by atoms with E-state index in [1.165, 1.54) is 19.3 Å². The molecule has 2 nitrogen and oxygen atoms in total. The Morgan fingerprint density at radius 3 is 2.67 bits per heavy atom. The minimum Gasteiger partial charge on any atom is -0.395 e. The Balaban J connectivity index is 2.21. The van der Waals surface area contributed by atoms with Crippen molar-refractivity contribution in [2.24, 2.45) is 5.92 Å². The first-order valence-corrected chi connectivity index (χ1v) is 5.13. The summed E-state index contributed by atoms with van der Waals surface area (Å²) in [4.78, 5) is 0. The molecule has 1 saturated carbocycles. The van der Waals surface area contributed by atoms with E-state index in [1.54, 1.807) is 0 Å². The first kappa shape index (κ1) is 10.0. The number of nitrogens with one attached hydrogen (secondary N) is 1. The fraction of sp³-hybridized carbons (Fsp3) is 1.00. The van der Waals surface area contributed by atoms with E-state index in [0.29, 0.717) is 12.1 Å². The van der Waals surface area contributed by atoms with Gasteiger partial charge in [0.1, 0.15) is 0 Å². The van der Waals surface area contributed by atoms with E-state index < -0.39 is 0 Å². The largest absolute Gasteiger partial charge is 0.395 e. The summed E-state index contributed by atoms with van der Waals surface area (Å²) in [6.07, 6.45) is 4.95. The monoisotopic (exact) mass is 171 g/mol. The van der Waals surface area contributed by atoms with Crippen LogP contribution in [0.5, 0.6) is 0 Å². The standard InChI is InChI=1S/C10H21NO/c1-3-9(7-12)11-10-5-4-8(2)6-10/h8-12H,3-7H2,1-2H3/t8?,9-,10?/m1/s1. The predicted octanol–water partition coefficient (Wildman–Crippen LogP) is 1.54. The van der Waals surface area contributed by atoms with Gasteiger partial charge in [-0.15, -0.1) is 0 Å². The summed E-state index contributed by atoms with van der Waals surface area (Å²) in [5.41, 5.74) is 0. The minimum absolute atomic E-state index is 0.279. The van der Waals surface area contributed by atoms with E-state index in [-0.39, 0.29) is 6.61 Å². The van der Waals surface area contributed by atoms with Crippen LogP contribution in [0.25, 0.3) is 0 Å². The lowest BCUT2D eigenvalue weighted by molar-refractivity contribution is 0.227. The van der Waals surface area contributed by atoms with Gasteiger partial charge >= 0.3 is 0 Å². The van der Waals surface area contributed by atoms with Gasteiger partial charge in [-0.25, -0.2) is 0 Å². The summed E-state index contributed by atoms with van der Waals surface area (Å²) in [6, 6.07) is 0.984. The lowest BCUT2D eigenvalue weighted by Gasteiger charge is -2.19. The average molecular weight is 171 g/mol. The van der Waals surface area contributed by atoms with Gasteiger partial charge in [-0.3, -0.25) is 0 Å². The number of rotatable bonds is 4. The maximum Gasteiger partial charge on any atom is 0.0584 e. The maximum absolute atomic E-state index is 8.99. The van der Waals surface area contributed by atoms with Crippen molar-refractivity contribution < 1.29 is 5.11 Å². The molecule has 0 aromatic rings. The Morgan fingerprint density at radius 1 is 1.50 bits per heavy atom. The number of aliphatic hydroxyl groups is 1. The van der Waals surface area contributed by atoms with Gasteiger partial charge in [0.2, 0.25) is 0 Å².